The Bertz CT molecular complexity index is 475. The first-order chi connectivity index (χ1) is 9.76. The molecule has 1 heterocycles. The lowest BCUT2D eigenvalue weighted by atomic mass is 10.0. The molecule has 2 aliphatic rings. The number of nitrogens with zero attached hydrogens (tertiary/aromatic N) is 2. The molecule has 3 N–H and O–H groups in total. The second-order valence-corrected chi connectivity index (χ2v) is 8.88. The van der Waals surface area contributed by atoms with Gasteiger partial charge in [-0.05, 0) is 26.7 Å². The van der Waals surface area contributed by atoms with E-state index >= 15 is 0 Å². The van der Waals surface area contributed by atoms with E-state index in [9.17, 15) is 8.42 Å². The number of rotatable bonds is 4. The van der Waals surface area contributed by atoms with E-state index in [1.807, 2.05) is 13.8 Å². The summed E-state index contributed by atoms with van der Waals surface area (Å²) >= 11 is 0. The summed E-state index contributed by atoms with van der Waals surface area (Å²) in [5.41, 5.74) is 5.15. The van der Waals surface area contributed by atoms with Crippen LogP contribution in [0.2, 0.25) is 0 Å². The van der Waals surface area contributed by atoms with Crippen LogP contribution in [0.4, 0.5) is 0 Å². The molecule has 0 bridgehead atoms. The Morgan fingerprint density at radius 1 is 1.10 bits per heavy atom. The Morgan fingerprint density at radius 3 is 2.10 bits per heavy atom. The van der Waals surface area contributed by atoms with Crippen LogP contribution < -0.4 is 5.73 Å². The van der Waals surface area contributed by atoms with Crippen molar-refractivity contribution in [3.05, 3.63) is 0 Å². The molecule has 7 heteroatoms. The minimum atomic E-state index is -3.15. The van der Waals surface area contributed by atoms with Gasteiger partial charge in [0.2, 0.25) is 10.0 Å². The summed E-state index contributed by atoms with van der Waals surface area (Å²) < 4.78 is 27.0. The summed E-state index contributed by atoms with van der Waals surface area (Å²) in [6, 6.07) is 0. The molecule has 0 unspecified atom stereocenters. The Morgan fingerprint density at radius 2 is 1.62 bits per heavy atom. The summed E-state index contributed by atoms with van der Waals surface area (Å²) in [6.07, 6.45) is 4.83. The highest BCUT2D eigenvalue weighted by atomic mass is 32.2. The number of sulfonamides is 1. The predicted molar refractivity (Wildman–Crippen MR) is 84.9 cm³/mol. The van der Waals surface area contributed by atoms with Crippen LogP contribution in [0, 0.1) is 5.41 Å². The highest BCUT2D eigenvalue weighted by Gasteiger charge is 2.38. The first-order valence-electron chi connectivity index (χ1n) is 7.85. The van der Waals surface area contributed by atoms with Crippen molar-refractivity contribution in [3.8, 4) is 0 Å². The van der Waals surface area contributed by atoms with Gasteiger partial charge in [0, 0.05) is 26.2 Å². The van der Waals surface area contributed by atoms with Gasteiger partial charge in [-0.1, -0.05) is 19.3 Å². The molecular formula is C14H28N4O2S. The van der Waals surface area contributed by atoms with Gasteiger partial charge in [0.1, 0.15) is 5.84 Å². The number of amidine groups is 1. The quantitative estimate of drug-likeness (QED) is 0.597. The third-order valence-corrected chi connectivity index (χ3v) is 7.42. The van der Waals surface area contributed by atoms with Gasteiger partial charge < -0.3 is 5.73 Å². The van der Waals surface area contributed by atoms with E-state index < -0.39 is 15.6 Å². The maximum Gasteiger partial charge on any atom is 0.217 e. The van der Waals surface area contributed by atoms with E-state index in [0.717, 1.165) is 32.1 Å². The fourth-order valence-corrected chi connectivity index (χ4v) is 5.27. The molecule has 6 nitrogen and oxygen atoms in total. The predicted octanol–water partition coefficient (Wildman–Crippen LogP) is 0.981. The molecule has 1 aliphatic heterocycles. The third-order valence-electron chi connectivity index (χ3n) is 5.02. The van der Waals surface area contributed by atoms with Gasteiger partial charge in [0.15, 0.2) is 0 Å². The van der Waals surface area contributed by atoms with Crippen molar-refractivity contribution in [2.45, 2.75) is 56.7 Å². The number of nitrogens with two attached hydrogens (primary N) is 1. The van der Waals surface area contributed by atoms with Crippen molar-refractivity contribution < 1.29 is 8.42 Å². The molecule has 1 saturated heterocycles. The lowest BCUT2D eigenvalue weighted by Gasteiger charge is -2.43. The second-order valence-electron chi connectivity index (χ2n) is 6.66. The van der Waals surface area contributed by atoms with Crippen molar-refractivity contribution in [1.82, 2.24) is 9.21 Å². The fourth-order valence-electron chi connectivity index (χ4n) is 3.25. The lowest BCUT2D eigenvalue weighted by Crippen LogP contribution is -2.60. The van der Waals surface area contributed by atoms with Gasteiger partial charge >= 0.3 is 0 Å². The molecule has 21 heavy (non-hydrogen) atoms. The summed E-state index contributed by atoms with van der Waals surface area (Å²) in [6.45, 7) is 6.13. The molecule has 1 aliphatic carbocycles. The lowest BCUT2D eigenvalue weighted by molar-refractivity contribution is 0.120. The Kier molecular flexibility index (Phi) is 4.95. The average molecular weight is 316 g/mol. The number of nitrogens with one attached hydrogen (secondary N) is 1. The van der Waals surface area contributed by atoms with Gasteiger partial charge in [-0.2, -0.15) is 4.31 Å². The Hall–Kier alpha value is -0.660. The summed E-state index contributed by atoms with van der Waals surface area (Å²) in [5.74, 6) is 0.131. The zero-order valence-corrected chi connectivity index (χ0v) is 14.0. The van der Waals surface area contributed by atoms with Crippen molar-refractivity contribution in [2.24, 2.45) is 5.73 Å². The van der Waals surface area contributed by atoms with Crippen LogP contribution in [0.25, 0.3) is 0 Å². The van der Waals surface area contributed by atoms with Crippen molar-refractivity contribution in [2.75, 3.05) is 26.2 Å². The van der Waals surface area contributed by atoms with E-state index in [1.165, 1.54) is 0 Å². The van der Waals surface area contributed by atoms with Crippen molar-refractivity contribution >= 4 is 15.9 Å². The minimum Gasteiger partial charge on any atom is -0.386 e. The molecule has 2 fully saturated rings. The molecule has 0 amide bonds. The second kappa shape index (κ2) is 6.22. The van der Waals surface area contributed by atoms with Gasteiger partial charge in [-0.3, -0.25) is 10.3 Å². The standard InChI is InChI=1S/C14H28N4O2S/c1-14(2,13(15)16)17-8-10-18(11-9-17)21(19,20)12-6-4-3-5-7-12/h12H,3-11H2,1-2H3,(H3,15,16). The molecular weight excluding hydrogens is 288 g/mol. The van der Waals surface area contributed by atoms with Crippen LogP contribution in [0.3, 0.4) is 0 Å². The van der Waals surface area contributed by atoms with E-state index in [4.69, 9.17) is 11.1 Å². The average Bonchev–Trinajstić information content (AvgIpc) is 2.48. The maximum atomic E-state index is 12.7. The summed E-state index contributed by atoms with van der Waals surface area (Å²) in [4.78, 5) is 2.10. The molecule has 1 saturated carbocycles. The highest BCUT2D eigenvalue weighted by Crippen LogP contribution is 2.27. The van der Waals surface area contributed by atoms with Crippen molar-refractivity contribution in [3.63, 3.8) is 0 Å². The molecule has 0 aromatic carbocycles. The Labute approximate surface area is 128 Å². The van der Waals surface area contributed by atoms with Gasteiger partial charge in [0.05, 0.1) is 10.8 Å². The maximum absolute atomic E-state index is 12.7. The largest absolute Gasteiger partial charge is 0.386 e. The van der Waals surface area contributed by atoms with E-state index in [1.54, 1.807) is 4.31 Å². The SMILES string of the molecule is CC(C)(C(=N)N)N1CCN(S(=O)(=O)C2CCCCC2)CC1. The first kappa shape index (κ1) is 16.7. The third kappa shape index (κ3) is 3.40. The van der Waals surface area contributed by atoms with Gasteiger partial charge in [-0.25, -0.2) is 8.42 Å². The summed E-state index contributed by atoms with van der Waals surface area (Å²) in [5, 5.41) is 7.49. The molecule has 0 aromatic heterocycles. The smallest absolute Gasteiger partial charge is 0.217 e. The number of hydrogen-bond acceptors (Lipinski definition) is 4. The fraction of sp³-hybridized carbons (Fsp3) is 0.929. The molecule has 0 aromatic rings. The van der Waals surface area contributed by atoms with Gasteiger partial charge in [-0.15, -0.1) is 0 Å². The normalized spacial score (nSPS) is 24.1. The van der Waals surface area contributed by atoms with Crippen LogP contribution in [-0.4, -0.2) is 60.4 Å². The molecule has 0 atom stereocenters. The number of piperazine rings is 1. The molecule has 2 rings (SSSR count). The summed E-state index contributed by atoms with van der Waals surface area (Å²) in [7, 11) is -3.15. The minimum absolute atomic E-state index is 0.131. The van der Waals surface area contributed by atoms with E-state index in [0.29, 0.717) is 26.2 Å². The molecule has 0 radical (unpaired) electrons. The van der Waals surface area contributed by atoms with E-state index in [-0.39, 0.29) is 11.1 Å². The van der Waals surface area contributed by atoms with Crippen LogP contribution in [0.5, 0.6) is 0 Å². The van der Waals surface area contributed by atoms with Crippen LogP contribution in [-0.2, 0) is 10.0 Å². The zero-order valence-electron chi connectivity index (χ0n) is 13.1. The van der Waals surface area contributed by atoms with Crippen LogP contribution in [0.15, 0.2) is 0 Å². The van der Waals surface area contributed by atoms with Crippen LogP contribution >= 0.6 is 0 Å². The van der Waals surface area contributed by atoms with Crippen LogP contribution in [0.1, 0.15) is 46.0 Å². The topological polar surface area (TPSA) is 90.5 Å². The van der Waals surface area contributed by atoms with Crippen molar-refractivity contribution in [1.29, 1.82) is 5.41 Å². The Balaban J connectivity index is 1.98. The number of hydrogen-bond donors (Lipinski definition) is 2. The first-order valence-corrected chi connectivity index (χ1v) is 9.35. The monoisotopic (exact) mass is 316 g/mol. The highest BCUT2D eigenvalue weighted by molar-refractivity contribution is 7.89. The zero-order chi connectivity index (χ0) is 15.7. The molecule has 0 spiro atoms. The molecule has 122 valence electrons. The van der Waals surface area contributed by atoms with Gasteiger partial charge in [0.25, 0.3) is 0 Å². The van der Waals surface area contributed by atoms with E-state index in [2.05, 4.69) is 4.90 Å².